The van der Waals surface area contributed by atoms with Gasteiger partial charge in [-0.3, -0.25) is 0 Å². The Hall–Kier alpha value is -1.75. The number of nitrogens with one attached hydrogen (secondary N) is 1. The highest BCUT2D eigenvalue weighted by Crippen LogP contribution is 2.11. The molecule has 0 fully saturated rings. The van der Waals surface area contributed by atoms with Crippen LogP contribution in [-0.4, -0.2) is 50.9 Å². The van der Waals surface area contributed by atoms with Gasteiger partial charge >= 0.3 is 6.03 Å². The first kappa shape index (κ1) is 16.3. The topological polar surface area (TPSA) is 50.8 Å². The summed E-state index contributed by atoms with van der Waals surface area (Å²) in [6.07, 6.45) is 0. The Balaban J connectivity index is 2.30. The molecule has 112 valence electrons. The van der Waals surface area contributed by atoms with Crippen molar-refractivity contribution >= 4 is 6.03 Å². The van der Waals surface area contributed by atoms with Gasteiger partial charge in [-0.1, -0.05) is 17.7 Å². The maximum absolute atomic E-state index is 11.8. The number of ether oxygens (including phenoxy) is 2. The lowest BCUT2D eigenvalue weighted by atomic mass is 10.2. The molecule has 0 saturated heterocycles. The number of hydrogen-bond donors (Lipinski definition) is 1. The fourth-order valence-corrected chi connectivity index (χ4v) is 1.55. The minimum absolute atomic E-state index is 0.0613. The molecule has 0 aliphatic carbocycles. The monoisotopic (exact) mass is 280 g/mol. The van der Waals surface area contributed by atoms with Crippen molar-refractivity contribution in [2.75, 3.05) is 33.9 Å². The van der Waals surface area contributed by atoms with Gasteiger partial charge < -0.3 is 19.7 Å². The summed E-state index contributed by atoms with van der Waals surface area (Å²) < 4.78 is 10.6. The second-order valence-corrected chi connectivity index (χ2v) is 4.89. The SMILES string of the molecule is COCCN(C)C(=O)NC(C)COc1ccc(C)cc1. The van der Waals surface area contributed by atoms with Gasteiger partial charge in [-0.2, -0.15) is 0 Å². The normalized spacial score (nSPS) is 11.8. The number of amides is 2. The summed E-state index contributed by atoms with van der Waals surface area (Å²) >= 11 is 0. The summed E-state index contributed by atoms with van der Waals surface area (Å²) in [7, 11) is 3.35. The lowest BCUT2D eigenvalue weighted by molar-refractivity contribution is 0.156. The van der Waals surface area contributed by atoms with Crippen molar-refractivity contribution < 1.29 is 14.3 Å². The van der Waals surface area contributed by atoms with Crippen molar-refractivity contribution in [2.24, 2.45) is 0 Å². The maximum atomic E-state index is 11.8. The molecule has 0 aromatic heterocycles. The van der Waals surface area contributed by atoms with Crippen LogP contribution >= 0.6 is 0 Å². The second-order valence-electron chi connectivity index (χ2n) is 4.89. The Morgan fingerprint density at radius 2 is 2.00 bits per heavy atom. The Morgan fingerprint density at radius 3 is 2.60 bits per heavy atom. The molecule has 1 aromatic rings. The fraction of sp³-hybridized carbons (Fsp3) is 0.533. The number of benzene rings is 1. The largest absolute Gasteiger partial charge is 0.491 e. The Bertz CT molecular complexity index is 406. The number of rotatable bonds is 7. The predicted molar refractivity (Wildman–Crippen MR) is 79.2 cm³/mol. The van der Waals surface area contributed by atoms with Crippen LogP contribution in [0.4, 0.5) is 4.79 Å². The number of urea groups is 1. The fourth-order valence-electron chi connectivity index (χ4n) is 1.55. The van der Waals surface area contributed by atoms with Crippen LogP contribution in [-0.2, 0) is 4.74 Å². The number of methoxy groups -OCH3 is 1. The van der Waals surface area contributed by atoms with E-state index in [1.165, 1.54) is 5.56 Å². The standard InChI is InChI=1S/C15H24N2O3/c1-12-5-7-14(8-6-12)20-11-13(2)16-15(18)17(3)9-10-19-4/h5-8,13H,9-11H2,1-4H3,(H,16,18). The maximum Gasteiger partial charge on any atom is 0.317 e. The molecular weight excluding hydrogens is 256 g/mol. The van der Waals surface area contributed by atoms with Gasteiger partial charge in [0.05, 0.1) is 12.6 Å². The van der Waals surface area contributed by atoms with E-state index in [1.807, 2.05) is 38.1 Å². The summed E-state index contributed by atoms with van der Waals surface area (Å²) in [5, 5.41) is 2.88. The average Bonchev–Trinajstić information content (AvgIpc) is 2.44. The minimum Gasteiger partial charge on any atom is -0.491 e. The van der Waals surface area contributed by atoms with Crippen molar-refractivity contribution in [3.63, 3.8) is 0 Å². The summed E-state index contributed by atoms with van der Waals surface area (Å²) in [6, 6.07) is 7.66. The smallest absolute Gasteiger partial charge is 0.317 e. The molecule has 1 N–H and O–H groups in total. The highest BCUT2D eigenvalue weighted by Gasteiger charge is 2.11. The van der Waals surface area contributed by atoms with Crippen LogP contribution in [0.25, 0.3) is 0 Å². The van der Waals surface area contributed by atoms with E-state index < -0.39 is 0 Å². The van der Waals surface area contributed by atoms with Crippen molar-refractivity contribution in [3.05, 3.63) is 29.8 Å². The van der Waals surface area contributed by atoms with Gasteiger partial charge in [0.25, 0.3) is 0 Å². The van der Waals surface area contributed by atoms with Crippen LogP contribution in [0.5, 0.6) is 5.75 Å². The van der Waals surface area contributed by atoms with Crippen LogP contribution in [0, 0.1) is 6.92 Å². The number of hydrogen-bond acceptors (Lipinski definition) is 3. The zero-order valence-electron chi connectivity index (χ0n) is 12.7. The van der Waals surface area contributed by atoms with Crippen LogP contribution in [0.1, 0.15) is 12.5 Å². The van der Waals surface area contributed by atoms with Gasteiger partial charge in [0.15, 0.2) is 0 Å². The van der Waals surface area contributed by atoms with Gasteiger partial charge in [-0.05, 0) is 26.0 Å². The number of carbonyl (C=O) groups excluding carboxylic acids is 1. The van der Waals surface area contributed by atoms with Gasteiger partial charge in [0.1, 0.15) is 12.4 Å². The van der Waals surface area contributed by atoms with Gasteiger partial charge in [0, 0.05) is 20.7 Å². The Labute approximate surface area is 120 Å². The van der Waals surface area contributed by atoms with E-state index in [4.69, 9.17) is 9.47 Å². The van der Waals surface area contributed by atoms with E-state index in [-0.39, 0.29) is 12.1 Å². The molecule has 0 aliphatic rings. The summed E-state index contributed by atoms with van der Waals surface area (Å²) in [5.41, 5.74) is 1.19. The van der Waals surface area contributed by atoms with E-state index in [2.05, 4.69) is 5.32 Å². The molecular formula is C15H24N2O3. The molecule has 0 bridgehead atoms. The predicted octanol–water partition coefficient (Wildman–Crippen LogP) is 2.05. The van der Waals surface area contributed by atoms with E-state index in [0.29, 0.717) is 19.8 Å². The van der Waals surface area contributed by atoms with Crippen LogP contribution in [0.2, 0.25) is 0 Å². The molecule has 1 rings (SSSR count). The molecule has 0 spiro atoms. The zero-order valence-corrected chi connectivity index (χ0v) is 12.7. The molecule has 0 aliphatic heterocycles. The summed E-state index contributed by atoms with van der Waals surface area (Å²) in [5.74, 6) is 0.810. The lowest BCUT2D eigenvalue weighted by Gasteiger charge is -2.21. The highest BCUT2D eigenvalue weighted by molar-refractivity contribution is 5.74. The molecule has 0 saturated carbocycles. The van der Waals surface area contributed by atoms with Gasteiger partial charge in [0.2, 0.25) is 0 Å². The molecule has 0 heterocycles. The summed E-state index contributed by atoms with van der Waals surface area (Å²) in [4.78, 5) is 13.4. The number of likely N-dealkylation sites (N-methyl/N-ethyl adjacent to an activating group) is 1. The molecule has 5 heteroatoms. The third-order valence-corrected chi connectivity index (χ3v) is 2.87. The first-order valence-electron chi connectivity index (χ1n) is 6.73. The van der Waals surface area contributed by atoms with E-state index in [0.717, 1.165) is 5.75 Å². The molecule has 5 nitrogen and oxygen atoms in total. The van der Waals surface area contributed by atoms with Crippen LogP contribution < -0.4 is 10.1 Å². The van der Waals surface area contributed by atoms with E-state index in [1.54, 1.807) is 19.1 Å². The number of aryl methyl sites for hydroxylation is 1. The molecule has 2 amide bonds. The quantitative estimate of drug-likeness (QED) is 0.831. The first-order valence-corrected chi connectivity index (χ1v) is 6.73. The molecule has 0 radical (unpaired) electrons. The van der Waals surface area contributed by atoms with Gasteiger partial charge in [-0.25, -0.2) is 4.79 Å². The molecule has 20 heavy (non-hydrogen) atoms. The van der Waals surface area contributed by atoms with E-state index in [9.17, 15) is 4.79 Å². The lowest BCUT2D eigenvalue weighted by Crippen LogP contribution is -2.45. The third kappa shape index (κ3) is 5.93. The number of nitrogens with zero attached hydrogens (tertiary/aromatic N) is 1. The zero-order chi connectivity index (χ0) is 15.0. The second kappa shape index (κ2) is 8.43. The average molecular weight is 280 g/mol. The van der Waals surface area contributed by atoms with Crippen LogP contribution in [0.15, 0.2) is 24.3 Å². The van der Waals surface area contributed by atoms with Crippen molar-refractivity contribution in [1.29, 1.82) is 0 Å². The van der Waals surface area contributed by atoms with E-state index >= 15 is 0 Å². The molecule has 1 unspecified atom stereocenters. The minimum atomic E-state index is -0.123. The first-order chi connectivity index (χ1) is 9.52. The summed E-state index contributed by atoms with van der Waals surface area (Å²) in [6.45, 7) is 5.47. The Morgan fingerprint density at radius 1 is 1.35 bits per heavy atom. The van der Waals surface area contributed by atoms with Crippen molar-refractivity contribution in [3.8, 4) is 5.75 Å². The van der Waals surface area contributed by atoms with Crippen LogP contribution in [0.3, 0.4) is 0 Å². The Kier molecular flexibility index (Phi) is 6.87. The number of carbonyl (C=O) groups is 1. The molecule has 1 aromatic carbocycles. The van der Waals surface area contributed by atoms with Gasteiger partial charge in [-0.15, -0.1) is 0 Å². The van der Waals surface area contributed by atoms with Crippen molar-refractivity contribution in [1.82, 2.24) is 10.2 Å². The highest BCUT2D eigenvalue weighted by atomic mass is 16.5. The van der Waals surface area contributed by atoms with Crippen molar-refractivity contribution in [2.45, 2.75) is 19.9 Å². The third-order valence-electron chi connectivity index (χ3n) is 2.87. The molecule has 1 atom stereocenters.